The van der Waals surface area contributed by atoms with E-state index in [4.69, 9.17) is 9.47 Å². The molecule has 0 N–H and O–H groups in total. The maximum Gasteiger partial charge on any atom is 0.161 e. The van der Waals surface area contributed by atoms with Crippen molar-refractivity contribution in [3.8, 4) is 11.5 Å². The number of hydrogen-bond acceptors (Lipinski definition) is 2. The number of ether oxygens (including phenoxy) is 2. The predicted molar refractivity (Wildman–Crippen MR) is 86.2 cm³/mol. The third-order valence-electron chi connectivity index (χ3n) is 3.55. The second-order valence-electron chi connectivity index (χ2n) is 4.93. The summed E-state index contributed by atoms with van der Waals surface area (Å²) in [6.45, 7) is 3.92. The van der Waals surface area contributed by atoms with E-state index in [0.717, 1.165) is 22.3 Å². The van der Waals surface area contributed by atoms with E-state index in [1.807, 2.05) is 26.0 Å². The van der Waals surface area contributed by atoms with Crippen molar-refractivity contribution < 1.29 is 13.9 Å². The van der Waals surface area contributed by atoms with Crippen LogP contribution in [0.1, 0.15) is 27.1 Å². The van der Waals surface area contributed by atoms with Crippen molar-refractivity contribution in [3.63, 3.8) is 0 Å². The van der Waals surface area contributed by atoms with E-state index in [0.29, 0.717) is 11.5 Å². The molecule has 2 rings (SSSR count). The molecule has 0 aromatic heterocycles. The zero-order chi connectivity index (χ0) is 15.6. The summed E-state index contributed by atoms with van der Waals surface area (Å²) in [5.74, 6) is 1.16. The summed E-state index contributed by atoms with van der Waals surface area (Å²) in [4.78, 5) is -0.0297. The molecule has 2 nitrogen and oxygen atoms in total. The van der Waals surface area contributed by atoms with Crippen molar-refractivity contribution in [2.75, 3.05) is 14.2 Å². The minimum Gasteiger partial charge on any atom is -0.493 e. The molecular weight excluding hydrogens is 335 g/mol. The summed E-state index contributed by atoms with van der Waals surface area (Å²) in [7, 11) is 3.23. The molecule has 0 saturated heterocycles. The molecule has 0 spiro atoms. The highest BCUT2D eigenvalue weighted by Gasteiger charge is 2.18. The maximum absolute atomic E-state index is 13.3. The molecule has 0 saturated carbocycles. The summed E-state index contributed by atoms with van der Waals surface area (Å²) in [6, 6.07) is 8.73. The Morgan fingerprint density at radius 2 is 1.48 bits per heavy atom. The van der Waals surface area contributed by atoms with Crippen LogP contribution in [0.2, 0.25) is 0 Å². The fourth-order valence-electron chi connectivity index (χ4n) is 2.36. The lowest BCUT2D eigenvalue weighted by atomic mass is 9.96. The van der Waals surface area contributed by atoms with Gasteiger partial charge < -0.3 is 9.47 Å². The van der Waals surface area contributed by atoms with Gasteiger partial charge in [0.2, 0.25) is 0 Å². The average molecular weight is 353 g/mol. The quantitative estimate of drug-likeness (QED) is 0.725. The van der Waals surface area contributed by atoms with E-state index >= 15 is 0 Å². The van der Waals surface area contributed by atoms with Crippen LogP contribution in [0, 0.1) is 19.7 Å². The van der Waals surface area contributed by atoms with Gasteiger partial charge in [-0.25, -0.2) is 4.39 Å². The van der Waals surface area contributed by atoms with Crippen LogP contribution in [-0.2, 0) is 0 Å². The lowest BCUT2D eigenvalue weighted by Gasteiger charge is -2.18. The molecule has 0 aliphatic rings. The summed E-state index contributed by atoms with van der Waals surface area (Å²) in [6.07, 6.45) is 0. The van der Waals surface area contributed by atoms with Gasteiger partial charge in [0.05, 0.1) is 19.0 Å². The first-order chi connectivity index (χ1) is 9.97. The first kappa shape index (κ1) is 15.8. The Kier molecular flexibility index (Phi) is 4.88. The summed E-state index contributed by atoms with van der Waals surface area (Å²) in [5, 5.41) is 0. The third kappa shape index (κ3) is 3.21. The van der Waals surface area contributed by atoms with Gasteiger partial charge in [-0.15, -0.1) is 0 Å². The van der Waals surface area contributed by atoms with Crippen molar-refractivity contribution in [1.29, 1.82) is 0 Å². The number of halogens is 2. The molecule has 0 bridgehead atoms. The van der Waals surface area contributed by atoms with Crippen LogP contribution in [0.5, 0.6) is 11.5 Å². The maximum atomic E-state index is 13.3. The van der Waals surface area contributed by atoms with Crippen molar-refractivity contribution in [2.45, 2.75) is 18.7 Å². The summed E-state index contributed by atoms with van der Waals surface area (Å²) >= 11 is 3.71. The average Bonchev–Trinajstić information content (AvgIpc) is 2.46. The summed E-state index contributed by atoms with van der Waals surface area (Å²) in [5.41, 5.74) is 4.10. The topological polar surface area (TPSA) is 18.5 Å². The number of benzene rings is 2. The molecule has 1 atom stereocenters. The number of methoxy groups -OCH3 is 2. The normalized spacial score (nSPS) is 12.1. The number of aryl methyl sites for hydroxylation is 2. The van der Waals surface area contributed by atoms with Gasteiger partial charge in [-0.1, -0.05) is 22.0 Å². The Morgan fingerprint density at radius 3 is 2.05 bits per heavy atom. The van der Waals surface area contributed by atoms with E-state index < -0.39 is 0 Å². The van der Waals surface area contributed by atoms with E-state index in [9.17, 15) is 4.39 Å². The van der Waals surface area contributed by atoms with Gasteiger partial charge in [0.1, 0.15) is 5.82 Å². The molecule has 0 heterocycles. The highest BCUT2D eigenvalue weighted by atomic mass is 79.9. The SMILES string of the molecule is COc1cc(C)c(C(Br)c2ccc(F)cc2C)cc1OC. The molecule has 2 aromatic rings. The van der Waals surface area contributed by atoms with E-state index in [1.165, 1.54) is 6.07 Å². The standard InChI is InChI=1S/C17H18BrFO2/c1-10-7-12(19)5-6-13(10)17(18)14-9-16(21-4)15(20-3)8-11(14)2/h5-9,17H,1-4H3. The molecule has 2 aromatic carbocycles. The number of rotatable bonds is 4. The van der Waals surface area contributed by atoms with Crippen LogP contribution in [0.4, 0.5) is 4.39 Å². The molecule has 21 heavy (non-hydrogen) atoms. The predicted octanol–water partition coefficient (Wildman–Crippen LogP) is 4.94. The van der Waals surface area contributed by atoms with Crippen molar-refractivity contribution in [2.24, 2.45) is 0 Å². The Labute approximate surface area is 133 Å². The Balaban J connectivity index is 2.50. The van der Waals surface area contributed by atoms with Crippen LogP contribution in [0.3, 0.4) is 0 Å². The molecule has 0 radical (unpaired) electrons. The third-order valence-corrected chi connectivity index (χ3v) is 4.54. The molecule has 0 fully saturated rings. The van der Waals surface area contributed by atoms with Crippen LogP contribution < -0.4 is 9.47 Å². The first-order valence-electron chi connectivity index (χ1n) is 6.60. The van der Waals surface area contributed by atoms with Crippen LogP contribution in [-0.4, -0.2) is 14.2 Å². The molecule has 4 heteroatoms. The second-order valence-corrected chi connectivity index (χ2v) is 5.84. The Hall–Kier alpha value is -1.55. The first-order valence-corrected chi connectivity index (χ1v) is 7.52. The molecular formula is C17H18BrFO2. The van der Waals surface area contributed by atoms with E-state index in [2.05, 4.69) is 15.9 Å². The second kappa shape index (κ2) is 6.48. The number of hydrogen-bond donors (Lipinski definition) is 0. The van der Waals surface area contributed by atoms with Gasteiger partial charge in [-0.2, -0.15) is 0 Å². The van der Waals surface area contributed by atoms with E-state index in [-0.39, 0.29) is 10.6 Å². The zero-order valence-electron chi connectivity index (χ0n) is 12.5. The Morgan fingerprint density at radius 1 is 0.905 bits per heavy atom. The molecule has 0 amide bonds. The number of alkyl halides is 1. The van der Waals surface area contributed by atoms with E-state index in [1.54, 1.807) is 26.4 Å². The molecule has 0 aliphatic heterocycles. The van der Waals surface area contributed by atoms with Gasteiger partial charge in [0, 0.05) is 0 Å². The Bertz CT molecular complexity index is 655. The minimum absolute atomic E-state index is 0.0297. The monoisotopic (exact) mass is 352 g/mol. The van der Waals surface area contributed by atoms with Crippen LogP contribution in [0.15, 0.2) is 30.3 Å². The molecule has 112 valence electrons. The smallest absolute Gasteiger partial charge is 0.161 e. The highest BCUT2D eigenvalue weighted by molar-refractivity contribution is 9.09. The van der Waals surface area contributed by atoms with Gasteiger partial charge in [-0.05, 0) is 60.4 Å². The summed E-state index contributed by atoms with van der Waals surface area (Å²) < 4.78 is 23.9. The fourth-order valence-corrected chi connectivity index (χ4v) is 3.37. The lowest BCUT2D eigenvalue weighted by molar-refractivity contribution is 0.354. The lowest BCUT2D eigenvalue weighted by Crippen LogP contribution is -2.01. The molecule has 0 aliphatic carbocycles. The minimum atomic E-state index is -0.222. The van der Waals surface area contributed by atoms with Crippen molar-refractivity contribution in [1.82, 2.24) is 0 Å². The highest BCUT2D eigenvalue weighted by Crippen LogP contribution is 2.39. The van der Waals surface area contributed by atoms with Gasteiger partial charge in [0.25, 0.3) is 0 Å². The van der Waals surface area contributed by atoms with Crippen molar-refractivity contribution in [3.05, 3.63) is 58.4 Å². The molecule has 1 unspecified atom stereocenters. The fraction of sp³-hybridized carbons (Fsp3) is 0.294. The van der Waals surface area contributed by atoms with Crippen LogP contribution in [0.25, 0.3) is 0 Å². The van der Waals surface area contributed by atoms with Gasteiger partial charge in [-0.3, -0.25) is 0 Å². The largest absolute Gasteiger partial charge is 0.493 e. The van der Waals surface area contributed by atoms with Crippen LogP contribution >= 0.6 is 15.9 Å². The van der Waals surface area contributed by atoms with Gasteiger partial charge in [0.15, 0.2) is 11.5 Å². The van der Waals surface area contributed by atoms with Crippen molar-refractivity contribution >= 4 is 15.9 Å². The van der Waals surface area contributed by atoms with Gasteiger partial charge >= 0.3 is 0 Å². The zero-order valence-corrected chi connectivity index (χ0v) is 14.1.